The number of alkyl halides is 4. The van der Waals surface area contributed by atoms with Gasteiger partial charge in [0.05, 0.1) is 17.9 Å². The standard InChI is InChI=1S/C40H48BrF5N6O7/c1-38(2,3)32(30-19-25(27-20-26(42)11-12-28(27)43)23-51(30)22-24-9-5-4-6-10-24)33(54)35(56)49-16-13-29(47)34(55)50-52(18-17-48-31(53)21-41)36(57)39(14-7-8-15-39)59-37(58)40(44,45)46/h4-6,9-12,19-20,23,29,32-33,54H,7-8,13-18,21-22,47H2,1-3H3,(H,48,53)(H,49,56)(H,50,55)/t29-,32+,33-/m0/s1. The molecular formula is C40H48BrF5N6O7. The van der Waals surface area contributed by atoms with Crippen molar-refractivity contribution in [3.63, 3.8) is 0 Å². The molecule has 19 heteroatoms. The van der Waals surface area contributed by atoms with Crippen LogP contribution >= 0.6 is 15.9 Å². The van der Waals surface area contributed by atoms with Crippen molar-refractivity contribution in [2.45, 2.75) is 89.3 Å². The number of nitrogens with two attached hydrogens (primary N) is 1. The fourth-order valence-corrected chi connectivity index (χ4v) is 7.15. The van der Waals surface area contributed by atoms with Gasteiger partial charge in [-0.05, 0) is 67.3 Å². The van der Waals surface area contributed by atoms with Crippen LogP contribution < -0.4 is 21.8 Å². The Bertz CT molecular complexity index is 1970. The number of nitrogens with zero attached hydrogens (tertiary/aromatic N) is 2. The van der Waals surface area contributed by atoms with Gasteiger partial charge in [-0.3, -0.25) is 24.6 Å². The van der Waals surface area contributed by atoms with E-state index < -0.39 is 83.0 Å². The van der Waals surface area contributed by atoms with E-state index in [0.29, 0.717) is 16.3 Å². The summed E-state index contributed by atoms with van der Waals surface area (Å²) in [6.07, 6.45) is -5.68. The van der Waals surface area contributed by atoms with Gasteiger partial charge in [-0.1, -0.05) is 67.0 Å². The molecule has 1 fully saturated rings. The van der Waals surface area contributed by atoms with Gasteiger partial charge in [0.25, 0.3) is 11.8 Å². The summed E-state index contributed by atoms with van der Waals surface area (Å²) in [6.45, 7) is 4.74. The lowest BCUT2D eigenvalue weighted by Gasteiger charge is -2.35. The third-order valence-corrected chi connectivity index (χ3v) is 10.4. The van der Waals surface area contributed by atoms with Crippen molar-refractivity contribution in [3.8, 4) is 11.1 Å². The number of carbonyl (C=O) groups is 5. The van der Waals surface area contributed by atoms with Gasteiger partial charge in [0, 0.05) is 48.6 Å². The fraction of sp³-hybridized carbons (Fsp3) is 0.475. The van der Waals surface area contributed by atoms with Gasteiger partial charge in [0.15, 0.2) is 5.60 Å². The smallest absolute Gasteiger partial charge is 0.442 e. The number of halogens is 6. The zero-order valence-electron chi connectivity index (χ0n) is 32.7. The van der Waals surface area contributed by atoms with Crippen molar-refractivity contribution < 1.29 is 55.8 Å². The van der Waals surface area contributed by atoms with Crippen LogP contribution in [0, 0.1) is 17.0 Å². The van der Waals surface area contributed by atoms with Gasteiger partial charge >= 0.3 is 12.1 Å². The van der Waals surface area contributed by atoms with E-state index in [2.05, 4.69) is 32.0 Å². The minimum absolute atomic E-state index is 0.0124. The van der Waals surface area contributed by atoms with E-state index in [1.54, 1.807) is 37.6 Å². The number of aliphatic hydroxyl groups is 1. The zero-order chi connectivity index (χ0) is 43.7. The summed E-state index contributed by atoms with van der Waals surface area (Å²) < 4.78 is 75.2. The highest BCUT2D eigenvalue weighted by atomic mass is 79.9. The molecule has 0 unspecified atom stereocenters. The second-order valence-corrected chi connectivity index (χ2v) is 15.9. The Morgan fingerprint density at radius 3 is 2.24 bits per heavy atom. The van der Waals surface area contributed by atoms with Crippen molar-refractivity contribution in [1.29, 1.82) is 0 Å². The average molecular weight is 900 g/mol. The van der Waals surface area contributed by atoms with Crippen molar-refractivity contribution >= 4 is 45.5 Å². The molecule has 0 aliphatic heterocycles. The lowest BCUT2D eigenvalue weighted by atomic mass is 9.74. The third kappa shape index (κ3) is 12.3. The van der Waals surface area contributed by atoms with E-state index in [0.717, 1.165) is 23.8 Å². The maximum absolute atomic E-state index is 15.0. The Kier molecular flexibility index (Phi) is 15.8. The number of amides is 4. The fourth-order valence-electron chi connectivity index (χ4n) is 6.96. The second-order valence-electron chi connectivity index (χ2n) is 15.4. The van der Waals surface area contributed by atoms with Crippen molar-refractivity contribution in [2.24, 2.45) is 11.1 Å². The number of aromatic nitrogens is 1. The van der Waals surface area contributed by atoms with Gasteiger partial charge in [-0.25, -0.2) is 18.6 Å². The third-order valence-electron chi connectivity index (χ3n) is 9.88. The summed E-state index contributed by atoms with van der Waals surface area (Å²) in [5, 5.41) is 17.2. The van der Waals surface area contributed by atoms with E-state index in [1.165, 1.54) is 0 Å². The summed E-state index contributed by atoms with van der Waals surface area (Å²) in [4.78, 5) is 64.2. The monoisotopic (exact) mass is 898 g/mol. The summed E-state index contributed by atoms with van der Waals surface area (Å²) in [5.41, 5.74) is 6.98. The number of ether oxygens (including phenoxy) is 1. The number of hydrogen-bond acceptors (Lipinski definition) is 8. The topological polar surface area (TPSA) is 185 Å². The van der Waals surface area contributed by atoms with Crippen molar-refractivity contribution in [3.05, 3.63) is 83.7 Å². The average Bonchev–Trinajstić information content (AvgIpc) is 3.82. The first-order chi connectivity index (χ1) is 27.7. The quantitative estimate of drug-likeness (QED) is 0.0599. The van der Waals surface area contributed by atoms with Crippen molar-refractivity contribution in [1.82, 2.24) is 25.6 Å². The van der Waals surface area contributed by atoms with Crippen LogP contribution in [0.25, 0.3) is 11.1 Å². The van der Waals surface area contributed by atoms with Crippen molar-refractivity contribution in [2.75, 3.05) is 25.0 Å². The summed E-state index contributed by atoms with van der Waals surface area (Å²) in [5.74, 6) is -8.26. The molecule has 2 aromatic carbocycles. The van der Waals surface area contributed by atoms with E-state index in [4.69, 9.17) is 10.5 Å². The molecule has 4 rings (SSSR count). The number of nitrogens with one attached hydrogen (secondary N) is 3. The minimum Gasteiger partial charge on any atom is -0.442 e. The van der Waals surface area contributed by atoms with Crippen LogP contribution in [0.1, 0.15) is 70.1 Å². The Morgan fingerprint density at radius 2 is 1.63 bits per heavy atom. The molecule has 6 N–H and O–H groups in total. The lowest BCUT2D eigenvalue weighted by molar-refractivity contribution is -0.216. The Balaban J connectivity index is 1.50. The number of aliphatic hydroxyl groups excluding tert-OH is 1. The molecule has 59 heavy (non-hydrogen) atoms. The first kappa shape index (κ1) is 46.8. The minimum atomic E-state index is -5.39. The van der Waals surface area contributed by atoms with Crippen LogP contribution in [-0.2, 0) is 35.3 Å². The van der Waals surface area contributed by atoms with Gasteiger partial charge < -0.3 is 30.8 Å². The maximum Gasteiger partial charge on any atom is 0.490 e. The number of rotatable bonds is 16. The predicted octanol–water partition coefficient (Wildman–Crippen LogP) is 4.60. The molecule has 4 amide bonds. The van der Waals surface area contributed by atoms with Crippen LogP contribution in [0.15, 0.2) is 60.8 Å². The van der Waals surface area contributed by atoms with Crippen LogP contribution in [-0.4, -0.2) is 93.2 Å². The molecule has 322 valence electrons. The molecule has 1 saturated carbocycles. The molecule has 1 heterocycles. The molecular weight excluding hydrogens is 851 g/mol. The van der Waals surface area contributed by atoms with E-state index in [1.807, 2.05) is 30.3 Å². The molecule has 1 aromatic heterocycles. The first-order valence-corrected chi connectivity index (χ1v) is 19.9. The van der Waals surface area contributed by atoms with Gasteiger partial charge in [-0.15, -0.1) is 0 Å². The molecule has 0 radical (unpaired) electrons. The van der Waals surface area contributed by atoms with Gasteiger partial charge in [0.2, 0.25) is 11.8 Å². The summed E-state index contributed by atoms with van der Waals surface area (Å²) >= 11 is 2.97. The SMILES string of the molecule is CC(C)(C)[C@H](c1cc(-c2cc(F)ccc2F)cn1Cc1ccccc1)[C@H](O)C(=O)NCC[C@H](N)C(=O)NN(CCNC(=O)CBr)C(=O)C1(OC(=O)C(F)(F)F)CCCC1. The molecule has 3 atom stereocenters. The zero-order valence-corrected chi connectivity index (χ0v) is 34.3. The van der Waals surface area contributed by atoms with Crippen LogP contribution in [0.3, 0.4) is 0 Å². The maximum atomic E-state index is 15.0. The molecule has 0 saturated heterocycles. The largest absolute Gasteiger partial charge is 0.490 e. The van der Waals surface area contributed by atoms with E-state index in [9.17, 15) is 51.0 Å². The molecule has 13 nitrogen and oxygen atoms in total. The molecule has 0 bridgehead atoms. The van der Waals surface area contributed by atoms with Gasteiger partial charge in [0.1, 0.15) is 17.7 Å². The number of esters is 1. The Hall–Kier alpha value is -4.88. The summed E-state index contributed by atoms with van der Waals surface area (Å²) in [6, 6.07) is 12.5. The first-order valence-electron chi connectivity index (χ1n) is 18.8. The van der Waals surface area contributed by atoms with Crippen LogP contribution in [0.2, 0.25) is 0 Å². The highest BCUT2D eigenvalue weighted by Gasteiger charge is 2.53. The number of carbonyl (C=O) groups excluding carboxylic acids is 5. The Labute approximate surface area is 346 Å². The highest BCUT2D eigenvalue weighted by Crippen LogP contribution is 2.41. The highest BCUT2D eigenvalue weighted by molar-refractivity contribution is 9.09. The molecule has 3 aromatic rings. The van der Waals surface area contributed by atoms with Gasteiger partial charge in [-0.2, -0.15) is 13.2 Å². The lowest BCUT2D eigenvalue weighted by Crippen LogP contribution is -2.60. The number of benzene rings is 2. The second kappa shape index (κ2) is 19.9. The predicted molar refractivity (Wildman–Crippen MR) is 209 cm³/mol. The molecule has 1 aliphatic carbocycles. The van der Waals surface area contributed by atoms with Crippen LogP contribution in [0.4, 0.5) is 22.0 Å². The van der Waals surface area contributed by atoms with E-state index in [-0.39, 0.29) is 62.6 Å². The normalized spacial score (nSPS) is 15.4. The van der Waals surface area contributed by atoms with Crippen LogP contribution in [0.5, 0.6) is 0 Å². The number of hydrazine groups is 1. The molecule has 0 spiro atoms. The van der Waals surface area contributed by atoms with E-state index >= 15 is 0 Å². The Morgan fingerprint density at radius 1 is 0.966 bits per heavy atom. The summed E-state index contributed by atoms with van der Waals surface area (Å²) in [7, 11) is 0. The molecule has 1 aliphatic rings. The number of hydrogen-bond donors (Lipinski definition) is 5.